The van der Waals surface area contributed by atoms with Gasteiger partial charge in [-0.05, 0) is 6.92 Å². The highest BCUT2D eigenvalue weighted by atomic mass is 32.2. The van der Waals surface area contributed by atoms with Crippen molar-refractivity contribution in [2.24, 2.45) is 0 Å². The molecule has 0 amide bonds. The second-order valence-corrected chi connectivity index (χ2v) is 5.96. The van der Waals surface area contributed by atoms with Gasteiger partial charge in [0.25, 0.3) is 0 Å². The Labute approximate surface area is 105 Å². The van der Waals surface area contributed by atoms with Gasteiger partial charge >= 0.3 is 11.9 Å². The third-order valence-corrected chi connectivity index (χ3v) is 3.33. The standard InChI is InChI=1S/C9H17NO7S/c1-9(14,5-7(11)12)6-10-18(15,16)4-3-8(13)17-2/h10,14H,3-6H2,1-2H3,(H,11,12). The van der Waals surface area contributed by atoms with Crippen LogP contribution in [-0.2, 0) is 24.3 Å². The molecule has 106 valence electrons. The van der Waals surface area contributed by atoms with Gasteiger partial charge in [-0.3, -0.25) is 9.59 Å². The van der Waals surface area contributed by atoms with Crippen LogP contribution in [0.2, 0.25) is 0 Å². The number of methoxy groups -OCH3 is 1. The number of carbonyl (C=O) groups excluding carboxylic acids is 1. The van der Waals surface area contributed by atoms with E-state index in [-0.39, 0.29) is 6.42 Å². The van der Waals surface area contributed by atoms with Crippen LogP contribution in [0.15, 0.2) is 0 Å². The van der Waals surface area contributed by atoms with E-state index in [9.17, 15) is 23.1 Å². The van der Waals surface area contributed by atoms with Crippen LogP contribution in [0.3, 0.4) is 0 Å². The molecule has 9 heteroatoms. The van der Waals surface area contributed by atoms with Crippen molar-refractivity contribution in [2.75, 3.05) is 19.4 Å². The highest BCUT2D eigenvalue weighted by Crippen LogP contribution is 2.08. The average Bonchev–Trinajstić information content (AvgIpc) is 2.22. The molecule has 0 aliphatic heterocycles. The highest BCUT2D eigenvalue weighted by Gasteiger charge is 2.26. The van der Waals surface area contributed by atoms with Crippen LogP contribution >= 0.6 is 0 Å². The smallest absolute Gasteiger partial charge is 0.306 e. The zero-order valence-electron chi connectivity index (χ0n) is 10.2. The summed E-state index contributed by atoms with van der Waals surface area (Å²) in [5.74, 6) is -2.39. The largest absolute Gasteiger partial charge is 0.481 e. The molecule has 18 heavy (non-hydrogen) atoms. The Kier molecular flexibility index (Phi) is 6.22. The van der Waals surface area contributed by atoms with Crippen molar-refractivity contribution in [3.05, 3.63) is 0 Å². The third kappa shape index (κ3) is 7.98. The molecular formula is C9H17NO7S. The number of hydrogen-bond acceptors (Lipinski definition) is 6. The fourth-order valence-electron chi connectivity index (χ4n) is 1.05. The van der Waals surface area contributed by atoms with E-state index in [0.29, 0.717) is 0 Å². The Bertz CT molecular complexity index is 401. The first kappa shape index (κ1) is 16.8. The van der Waals surface area contributed by atoms with Crippen molar-refractivity contribution < 1.29 is 33.0 Å². The lowest BCUT2D eigenvalue weighted by molar-refractivity contribution is -0.142. The van der Waals surface area contributed by atoms with Crippen molar-refractivity contribution in [1.29, 1.82) is 0 Å². The van der Waals surface area contributed by atoms with Gasteiger partial charge in [0, 0.05) is 6.54 Å². The summed E-state index contributed by atoms with van der Waals surface area (Å²) in [7, 11) is -2.62. The van der Waals surface area contributed by atoms with E-state index in [0.717, 1.165) is 7.11 Å². The molecule has 0 aliphatic carbocycles. The number of carboxylic acids is 1. The quantitative estimate of drug-likeness (QED) is 0.472. The molecule has 1 unspecified atom stereocenters. The molecular weight excluding hydrogens is 266 g/mol. The molecule has 0 saturated heterocycles. The molecule has 3 N–H and O–H groups in total. The summed E-state index contributed by atoms with van der Waals surface area (Å²) >= 11 is 0. The Balaban J connectivity index is 4.26. The monoisotopic (exact) mass is 283 g/mol. The van der Waals surface area contributed by atoms with Gasteiger partial charge in [0.2, 0.25) is 10.0 Å². The summed E-state index contributed by atoms with van der Waals surface area (Å²) in [5, 5.41) is 18.1. The van der Waals surface area contributed by atoms with Crippen molar-refractivity contribution in [3.63, 3.8) is 0 Å². The van der Waals surface area contributed by atoms with Gasteiger partial charge in [-0.25, -0.2) is 13.1 Å². The molecule has 0 bridgehead atoms. The number of hydrogen-bond donors (Lipinski definition) is 3. The number of sulfonamides is 1. The molecule has 0 saturated carbocycles. The first-order chi connectivity index (χ1) is 8.08. The van der Waals surface area contributed by atoms with Gasteiger partial charge in [0.05, 0.1) is 31.3 Å². The lowest BCUT2D eigenvalue weighted by Crippen LogP contribution is -2.43. The lowest BCUT2D eigenvalue weighted by atomic mass is 10.0. The van der Waals surface area contributed by atoms with E-state index in [1.54, 1.807) is 0 Å². The second-order valence-electron chi connectivity index (χ2n) is 4.03. The molecule has 0 heterocycles. The van der Waals surface area contributed by atoms with Crippen molar-refractivity contribution in [3.8, 4) is 0 Å². The predicted molar refractivity (Wildman–Crippen MR) is 61.3 cm³/mol. The topological polar surface area (TPSA) is 130 Å². The Morgan fingerprint density at radius 3 is 2.39 bits per heavy atom. The van der Waals surface area contributed by atoms with Gasteiger partial charge < -0.3 is 14.9 Å². The fourth-order valence-corrected chi connectivity index (χ4v) is 2.16. The number of aliphatic hydroxyl groups is 1. The van der Waals surface area contributed by atoms with Gasteiger partial charge in [-0.1, -0.05) is 0 Å². The highest BCUT2D eigenvalue weighted by molar-refractivity contribution is 7.89. The van der Waals surface area contributed by atoms with Gasteiger partial charge in [-0.15, -0.1) is 0 Å². The summed E-state index contributed by atoms with van der Waals surface area (Å²) < 4.78 is 29.1. The SMILES string of the molecule is COC(=O)CCS(=O)(=O)NCC(C)(O)CC(=O)O. The maximum absolute atomic E-state index is 11.4. The zero-order valence-corrected chi connectivity index (χ0v) is 11.0. The van der Waals surface area contributed by atoms with Crippen LogP contribution in [-0.4, -0.2) is 55.6 Å². The zero-order chi connectivity index (χ0) is 14.4. The number of esters is 1. The maximum Gasteiger partial charge on any atom is 0.306 e. The molecule has 0 aromatic carbocycles. The fraction of sp³-hybridized carbons (Fsp3) is 0.778. The van der Waals surface area contributed by atoms with Gasteiger partial charge in [0.1, 0.15) is 0 Å². The number of carboxylic acid groups (broad SMARTS) is 1. The van der Waals surface area contributed by atoms with Gasteiger partial charge in [-0.2, -0.15) is 0 Å². The van der Waals surface area contributed by atoms with Crippen LogP contribution in [0.1, 0.15) is 19.8 Å². The van der Waals surface area contributed by atoms with Crippen molar-refractivity contribution in [1.82, 2.24) is 4.72 Å². The molecule has 8 nitrogen and oxygen atoms in total. The van der Waals surface area contributed by atoms with Crippen LogP contribution in [0, 0.1) is 0 Å². The molecule has 0 aliphatic rings. The van der Waals surface area contributed by atoms with Crippen LogP contribution in [0.25, 0.3) is 0 Å². The Morgan fingerprint density at radius 1 is 1.39 bits per heavy atom. The third-order valence-electron chi connectivity index (χ3n) is 2.01. The van der Waals surface area contributed by atoms with Gasteiger partial charge in [0.15, 0.2) is 0 Å². The molecule has 0 radical (unpaired) electrons. The van der Waals surface area contributed by atoms with Crippen LogP contribution < -0.4 is 4.72 Å². The number of rotatable bonds is 8. The maximum atomic E-state index is 11.4. The first-order valence-corrected chi connectivity index (χ1v) is 6.71. The minimum Gasteiger partial charge on any atom is -0.481 e. The summed E-state index contributed by atoms with van der Waals surface area (Å²) in [5.41, 5.74) is -1.69. The summed E-state index contributed by atoms with van der Waals surface area (Å²) in [6.45, 7) is 0.757. The van der Waals surface area contributed by atoms with Crippen LogP contribution in [0.4, 0.5) is 0 Å². The number of nitrogens with one attached hydrogen (secondary N) is 1. The summed E-state index contributed by atoms with van der Waals surface area (Å²) in [6, 6.07) is 0. The molecule has 0 aromatic rings. The van der Waals surface area contributed by atoms with E-state index in [4.69, 9.17) is 5.11 Å². The summed E-state index contributed by atoms with van der Waals surface area (Å²) in [4.78, 5) is 21.2. The van der Waals surface area contributed by atoms with E-state index < -0.39 is 46.3 Å². The van der Waals surface area contributed by atoms with Crippen LogP contribution in [0.5, 0.6) is 0 Å². The molecule has 0 spiro atoms. The minimum absolute atomic E-state index is 0.313. The predicted octanol–water partition coefficient (Wildman–Crippen LogP) is -1.31. The first-order valence-electron chi connectivity index (χ1n) is 5.06. The molecule has 1 atom stereocenters. The van der Waals surface area contributed by atoms with E-state index >= 15 is 0 Å². The van der Waals surface area contributed by atoms with Crippen molar-refractivity contribution in [2.45, 2.75) is 25.4 Å². The number of aliphatic carboxylic acids is 1. The minimum atomic E-state index is -3.76. The number of carbonyl (C=O) groups is 2. The van der Waals surface area contributed by atoms with Crippen molar-refractivity contribution >= 4 is 22.0 Å². The normalized spacial score (nSPS) is 14.8. The lowest BCUT2D eigenvalue weighted by Gasteiger charge is -2.21. The molecule has 0 rings (SSSR count). The Morgan fingerprint density at radius 2 is 1.94 bits per heavy atom. The summed E-state index contributed by atoms with van der Waals surface area (Å²) in [6.07, 6.45) is -0.903. The Hall–Kier alpha value is -1.19. The second kappa shape index (κ2) is 6.66. The number of ether oxygens (including phenoxy) is 1. The molecule has 0 fully saturated rings. The molecule has 0 aromatic heterocycles. The van der Waals surface area contributed by atoms with E-state index in [2.05, 4.69) is 4.74 Å². The average molecular weight is 283 g/mol. The van der Waals surface area contributed by atoms with E-state index in [1.165, 1.54) is 6.92 Å². The van der Waals surface area contributed by atoms with E-state index in [1.807, 2.05) is 4.72 Å².